The smallest absolute Gasteiger partial charge is 0.298 e. The van der Waals surface area contributed by atoms with Crippen molar-refractivity contribution in [1.29, 1.82) is 0 Å². The third-order valence-electron chi connectivity index (χ3n) is 4.50. The number of rotatable bonds is 2. The predicted octanol–water partition coefficient (Wildman–Crippen LogP) is 5.10. The Balaban J connectivity index is 2.05. The molecule has 0 bridgehead atoms. The van der Waals surface area contributed by atoms with Crippen LogP contribution >= 0.6 is 0 Å². The van der Waals surface area contributed by atoms with Crippen molar-refractivity contribution < 1.29 is 31.1 Å². The summed E-state index contributed by atoms with van der Waals surface area (Å²) in [5, 5.41) is 0. The number of carbonyl (C=O) groups excluding carboxylic acids is 1. The topological polar surface area (TPSA) is 33.2 Å². The van der Waals surface area contributed by atoms with Gasteiger partial charge in [0.05, 0.1) is 11.1 Å². The fourth-order valence-electron chi connectivity index (χ4n) is 3.16. The van der Waals surface area contributed by atoms with Crippen molar-refractivity contribution in [1.82, 2.24) is 9.88 Å². The zero-order valence-corrected chi connectivity index (χ0v) is 15.7. The third-order valence-corrected chi connectivity index (χ3v) is 4.50. The number of halogens is 6. The lowest BCUT2D eigenvalue weighted by Crippen LogP contribution is -2.34. The molecule has 0 spiro atoms. The normalized spacial score (nSPS) is 19.0. The summed E-state index contributed by atoms with van der Waals surface area (Å²) in [4.78, 5) is 18.5. The van der Waals surface area contributed by atoms with E-state index in [-0.39, 0.29) is 24.7 Å². The molecule has 1 aliphatic heterocycles. The highest BCUT2D eigenvalue weighted by molar-refractivity contribution is 6.14. The van der Waals surface area contributed by atoms with E-state index < -0.39 is 34.8 Å². The highest BCUT2D eigenvalue weighted by Gasteiger charge is 2.38. The van der Waals surface area contributed by atoms with Gasteiger partial charge in [-0.1, -0.05) is 12.1 Å². The number of alkyl halides is 6. The summed E-state index contributed by atoms with van der Waals surface area (Å²) >= 11 is 0. The van der Waals surface area contributed by atoms with Gasteiger partial charge < -0.3 is 0 Å². The molecule has 30 heavy (non-hydrogen) atoms. The summed E-state index contributed by atoms with van der Waals surface area (Å²) in [5.74, 6) is -0.454. The minimum atomic E-state index is -5.01. The lowest BCUT2D eigenvalue weighted by Gasteiger charge is -2.26. The number of carbonyl (C=O) groups is 1. The van der Waals surface area contributed by atoms with Crippen molar-refractivity contribution >= 4 is 17.9 Å². The van der Waals surface area contributed by atoms with E-state index in [0.717, 1.165) is 12.1 Å². The number of benzene rings is 1. The second-order valence-corrected chi connectivity index (χ2v) is 6.92. The standard InChI is InChI=1S/C21H16F6N2O/c1-29-11-15(7-13-3-2-6-28-10-13)19(30)16(12-29)8-14-4-5-17(20(22,23)24)9-18(14)21(25,26)27/h2-10H,11-12H2,1H3/b15-7+,16-8+. The van der Waals surface area contributed by atoms with Crippen molar-refractivity contribution in [2.45, 2.75) is 12.4 Å². The fraction of sp³-hybridized carbons (Fsp3) is 0.238. The van der Waals surface area contributed by atoms with E-state index in [0.29, 0.717) is 17.2 Å². The number of hydrogen-bond acceptors (Lipinski definition) is 3. The van der Waals surface area contributed by atoms with Crippen molar-refractivity contribution in [2.24, 2.45) is 0 Å². The fourth-order valence-corrected chi connectivity index (χ4v) is 3.16. The summed E-state index contributed by atoms with van der Waals surface area (Å²) < 4.78 is 78.8. The van der Waals surface area contributed by atoms with Crippen LogP contribution in [-0.2, 0) is 17.1 Å². The first-order valence-electron chi connectivity index (χ1n) is 8.78. The number of piperidine rings is 1. The molecule has 2 heterocycles. The van der Waals surface area contributed by atoms with Crippen LogP contribution in [0.15, 0.2) is 53.9 Å². The molecule has 3 nitrogen and oxygen atoms in total. The van der Waals surface area contributed by atoms with Gasteiger partial charge in [-0.2, -0.15) is 26.3 Å². The molecule has 0 unspecified atom stereocenters. The van der Waals surface area contributed by atoms with Crippen LogP contribution in [0.4, 0.5) is 26.3 Å². The van der Waals surface area contributed by atoms with Crippen LogP contribution in [0.1, 0.15) is 22.3 Å². The lowest BCUT2D eigenvalue weighted by atomic mass is 9.93. The maximum atomic E-state index is 13.4. The Hall–Kier alpha value is -2.94. The van der Waals surface area contributed by atoms with Crippen LogP contribution < -0.4 is 0 Å². The van der Waals surface area contributed by atoms with E-state index in [1.54, 1.807) is 36.4 Å². The monoisotopic (exact) mass is 426 g/mol. The molecule has 158 valence electrons. The van der Waals surface area contributed by atoms with Gasteiger partial charge in [-0.15, -0.1) is 0 Å². The number of Topliss-reactive ketones (excluding diaryl/α,β-unsaturated/α-hetero) is 1. The summed E-state index contributed by atoms with van der Waals surface area (Å²) in [7, 11) is 1.69. The average molecular weight is 426 g/mol. The molecule has 0 amide bonds. The van der Waals surface area contributed by atoms with Gasteiger partial charge in [-0.05, 0) is 48.5 Å². The van der Waals surface area contributed by atoms with Crippen LogP contribution in [0.3, 0.4) is 0 Å². The van der Waals surface area contributed by atoms with Crippen molar-refractivity contribution in [3.8, 4) is 0 Å². The Kier molecular flexibility index (Phi) is 5.85. The molecule has 0 saturated carbocycles. The second kappa shape index (κ2) is 8.06. The zero-order valence-electron chi connectivity index (χ0n) is 15.7. The number of pyridine rings is 1. The Bertz CT molecular complexity index is 1010. The summed E-state index contributed by atoms with van der Waals surface area (Å²) in [6.07, 6.45) is -4.21. The molecule has 9 heteroatoms. The first-order chi connectivity index (χ1) is 13.9. The molecule has 2 aromatic rings. The minimum Gasteiger partial charge on any atom is -0.298 e. The van der Waals surface area contributed by atoms with Crippen LogP contribution in [0.25, 0.3) is 12.2 Å². The Morgan fingerprint density at radius 2 is 1.63 bits per heavy atom. The predicted molar refractivity (Wildman–Crippen MR) is 99.1 cm³/mol. The van der Waals surface area contributed by atoms with E-state index in [1.165, 1.54) is 6.20 Å². The van der Waals surface area contributed by atoms with E-state index in [1.807, 2.05) is 0 Å². The van der Waals surface area contributed by atoms with Gasteiger partial charge in [0.15, 0.2) is 5.78 Å². The SMILES string of the molecule is CN1C/C(=C\c2cccnc2)C(=O)/C(=C/c2ccc(C(F)(F)F)cc2C(F)(F)F)C1. The maximum absolute atomic E-state index is 13.4. The highest BCUT2D eigenvalue weighted by atomic mass is 19.4. The largest absolute Gasteiger partial charge is 0.417 e. The van der Waals surface area contributed by atoms with E-state index in [4.69, 9.17) is 0 Å². The molecule has 3 rings (SSSR count). The summed E-state index contributed by atoms with van der Waals surface area (Å²) in [6, 6.07) is 4.78. The number of likely N-dealkylation sites (N-methyl/N-ethyl adjacent to an activating group) is 1. The summed E-state index contributed by atoms with van der Waals surface area (Å²) in [6.45, 7) is 0.353. The number of aromatic nitrogens is 1. The molecular formula is C21H16F6N2O. The van der Waals surface area contributed by atoms with Gasteiger partial charge in [-0.25, -0.2) is 0 Å². The molecule has 1 aromatic carbocycles. The second-order valence-electron chi connectivity index (χ2n) is 6.92. The molecule has 0 N–H and O–H groups in total. The molecule has 1 fully saturated rings. The van der Waals surface area contributed by atoms with E-state index in [2.05, 4.69) is 4.98 Å². The molecule has 0 atom stereocenters. The van der Waals surface area contributed by atoms with Gasteiger partial charge in [0.1, 0.15) is 0 Å². The minimum absolute atomic E-state index is 0.0594. The molecule has 0 radical (unpaired) electrons. The number of nitrogens with zero attached hydrogens (tertiary/aromatic N) is 2. The van der Waals surface area contributed by atoms with E-state index in [9.17, 15) is 31.1 Å². The number of ketones is 1. The average Bonchev–Trinajstić information content (AvgIpc) is 2.65. The van der Waals surface area contributed by atoms with Crippen LogP contribution in [0.5, 0.6) is 0 Å². The van der Waals surface area contributed by atoms with Gasteiger partial charge in [0.2, 0.25) is 0 Å². The van der Waals surface area contributed by atoms with Gasteiger partial charge >= 0.3 is 12.4 Å². The van der Waals surface area contributed by atoms with Gasteiger partial charge in [0.25, 0.3) is 0 Å². The Labute approximate surface area is 168 Å². The number of hydrogen-bond donors (Lipinski definition) is 0. The Morgan fingerprint density at radius 1 is 0.967 bits per heavy atom. The molecule has 1 aromatic heterocycles. The van der Waals surface area contributed by atoms with Crippen molar-refractivity contribution in [2.75, 3.05) is 20.1 Å². The third kappa shape index (κ3) is 4.96. The molecule has 0 aliphatic carbocycles. The zero-order chi connectivity index (χ0) is 22.1. The van der Waals surface area contributed by atoms with Crippen LogP contribution in [-0.4, -0.2) is 35.8 Å². The quantitative estimate of drug-likeness (QED) is 0.495. The van der Waals surface area contributed by atoms with Crippen LogP contribution in [0, 0.1) is 0 Å². The summed E-state index contributed by atoms with van der Waals surface area (Å²) in [5.41, 5.74) is -2.27. The molecule has 1 saturated heterocycles. The lowest BCUT2D eigenvalue weighted by molar-refractivity contribution is -0.143. The van der Waals surface area contributed by atoms with Crippen molar-refractivity contribution in [3.63, 3.8) is 0 Å². The van der Waals surface area contributed by atoms with Crippen molar-refractivity contribution in [3.05, 3.63) is 76.1 Å². The van der Waals surface area contributed by atoms with Crippen LogP contribution in [0.2, 0.25) is 0 Å². The Morgan fingerprint density at radius 3 is 2.20 bits per heavy atom. The van der Waals surface area contributed by atoms with Gasteiger partial charge in [-0.3, -0.25) is 14.7 Å². The van der Waals surface area contributed by atoms with Gasteiger partial charge in [0, 0.05) is 36.6 Å². The maximum Gasteiger partial charge on any atom is 0.417 e. The highest BCUT2D eigenvalue weighted by Crippen LogP contribution is 2.38. The first kappa shape index (κ1) is 21.8. The number of likely N-dealkylation sites (tertiary alicyclic amines) is 1. The first-order valence-corrected chi connectivity index (χ1v) is 8.78. The molecule has 1 aliphatic rings. The molecular weight excluding hydrogens is 410 g/mol. The van der Waals surface area contributed by atoms with E-state index >= 15 is 0 Å².